The molecule has 3 heterocycles. The Balaban J connectivity index is 1.50. The second kappa shape index (κ2) is 5.86. The van der Waals surface area contributed by atoms with Crippen molar-refractivity contribution in [3.8, 4) is 0 Å². The summed E-state index contributed by atoms with van der Waals surface area (Å²) in [6, 6.07) is 0. The van der Waals surface area contributed by atoms with E-state index in [1.54, 1.807) is 0 Å². The number of rotatable bonds is 6. The minimum Gasteiger partial charge on any atom is -0.371 e. The zero-order valence-corrected chi connectivity index (χ0v) is 13.6. The van der Waals surface area contributed by atoms with Crippen LogP contribution in [0.15, 0.2) is 0 Å². The summed E-state index contributed by atoms with van der Waals surface area (Å²) in [4.78, 5) is 8.97. The molecule has 4 nitrogen and oxygen atoms in total. The maximum Gasteiger partial charge on any atom is 0.186 e. The van der Waals surface area contributed by atoms with E-state index in [0.29, 0.717) is 12.2 Å². The second-order valence-corrected chi connectivity index (χ2v) is 7.68. The van der Waals surface area contributed by atoms with Gasteiger partial charge in [-0.3, -0.25) is 0 Å². The van der Waals surface area contributed by atoms with Crippen molar-refractivity contribution in [2.24, 2.45) is 0 Å². The van der Waals surface area contributed by atoms with Crippen molar-refractivity contribution in [1.29, 1.82) is 0 Å². The fourth-order valence-corrected chi connectivity index (χ4v) is 4.57. The van der Waals surface area contributed by atoms with E-state index in [-0.39, 0.29) is 0 Å². The molecule has 1 aromatic heterocycles. The molecule has 0 aromatic carbocycles. The van der Waals surface area contributed by atoms with Gasteiger partial charge < -0.3 is 15.0 Å². The smallest absolute Gasteiger partial charge is 0.186 e. The number of nitrogens with zero attached hydrogens (tertiary/aromatic N) is 2. The van der Waals surface area contributed by atoms with Gasteiger partial charge in [-0.2, -0.15) is 0 Å². The van der Waals surface area contributed by atoms with Crippen molar-refractivity contribution in [2.75, 3.05) is 24.5 Å². The third-order valence-corrected chi connectivity index (χ3v) is 5.84. The molecule has 0 amide bonds. The number of morpholine rings is 1. The Morgan fingerprint density at radius 2 is 2.00 bits per heavy atom. The molecule has 1 aromatic rings. The predicted molar refractivity (Wildman–Crippen MR) is 86.2 cm³/mol. The van der Waals surface area contributed by atoms with Crippen LogP contribution < -0.4 is 10.2 Å². The predicted octanol–water partition coefficient (Wildman–Crippen LogP) is 2.89. The Kier molecular flexibility index (Phi) is 3.90. The lowest BCUT2D eigenvalue weighted by Crippen LogP contribution is -2.42. The van der Waals surface area contributed by atoms with E-state index in [1.807, 2.05) is 11.3 Å². The molecule has 2 aliphatic heterocycles. The molecule has 2 unspecified atom stereocenters. The van der Waals surface area contributed by atoms with Gasteiger partial charge in [-0.15, -0.1) is 11.3 Å². The molecule has 21 heavy (non-hydrogen) atoms. The summed E-state index contributed by atoms with van der Waals surface area (Å²) < 4.78 is 5.95. The maximum absolute atomic E-state index is 5.95. The highest BCUT2D eigenvalue weighted by molar-refractivity contribution is 7.15. The number of thiazole rings is 1. The van der Waals surface area contributed by atoms with Crippen LogP contribution in [0.5, 0.6) is 0 Å². The van der Waals surface area contributed by atoms with E-state index < -0.39 is 0 Å². The van der Waals surface area contributed by atoms with Crippen LogP contribution in [0.25, 0.3) is 0 Å². The van der Waals surface area contributed by atoms with Crippen LogP contribution in [0.1, 0.15) is 55.5 Å². The van der Waals surface area contributed by atoms with Crippen molar-refractivity contribution in [3.05, 3.63) is 10.6 Å². The molecule has 1 aliphatic carbocycles. The van der Waals surface area contributed by atoms with Crippen LogP contribution in [0.3, 0.4) is 0 Å². The van der Waals surface area contributed by atoms with Crippen LogP contribution in [0.4, 0.5) is 5.13 Å². The average Bonchev–Trinajstić information content (AvgIpc) is 3.17. The summed E-state index contributed by atoms with van der Waals surface area (Å²) in [6.07, 6.45) is 7.20. The second-order valence-electron chi connectivity index (χ2n) is 6.62. The molecule has 2 bridgehead atoms. The number of ether oxygens (including phenoxy) is 1. The van der Waals surface area contributed by atoms with Crippen LogP contribution in [0, 0.1) is 0 Å². The number of hydrogen-bond donors (Lipinski definition) is 1. The maximum atomic E-state index is 5.95. The third-order valence-electron chi connectivity index (χ3n) is 4.71. The van der Waals surface area contributed by atoms with Gasteiger partial charge in [0.2, 0.25) is 0 Å². The monoisotopic (exact) mass is 307 g/mol. The van der Waals surface area contributed by atoms with Crippen molar-refractivity contribution < 1.29 is 4.74 Å². The Hall–Kier alpha value is -0.650. The van der Waals surface area contributed by atoms with Crippen molar-refractivity contribution in [2.45, 2.75) is 63.7 Å². The first-order chi connectivity index (χ1) is 10.3. The van der Waals surface area contributed by atoms with Gasteiger partial charge in [-0.25, -0.2) is 4.98 Å². The van der Waals surface area contributed by atoms with Crippen LogP contribution in [-0.4, -0.2) is 36.8 Å². The molecular formula is C16H25N3OS. The molecule has 3 aliphatic rings. The normalized spacial score (nSPS) is 28.3. The first kappa shape index (κ1) is 14.0. The lowest BCUT2D eigenvalue weighted by Gasteiger charge is -2.31. The summed E-state index contributed by atoms with van der Waals surface area (Å²) in [6.45, 7) is 6.38. The molecule has 116 valence electrons. The SMILES string of the molecule is CCCNCc1sc(N2CC3CCC(C2)O3)nc1C1CC1. The highest BCUT2D eigenvalue weighted by atomic mass is 32.1. The average molecular weight is 307 g/mol. The fraction of sp³-hybridized carbons (Fsp3) is 0.812. The largest absolute Gasteiger partial charge is 0.371 e. The third kappa shape index (κ3) is 2.96. The van der Waals surface area contributed by atoms with Gasteiger partial charge in [-0.1, -0.05) is 6.92 Å². The first-order valence-corrected chi connectivity index (χ1v) is 9.26. The molecule has 2 atom stereocenters. The van der Waals surface area contributed by atoms with Crippen LogP contribution in [-0.2, 0) is 11.3 Å². The quantitative estimate of drug-likeness (QED) is 0.820. The topological polar surface area (TPSA) is 37.4 Å². The lowest BCUT2D eigenvalue weighted by molar-refractivity contribution is 0.0305. The number of hydrogen-bond acceptors (Lipinski definition) is 5. The first-order valence-electron chi connectivity index (χ1n) is 8.44. The number of aromatic nitrogens is 1. The molecule has 3 fully saturated rings. The Labute approximate surface area is 130 Å². The van der Waals surface area contributed by atoms with Gasteiger partial charge in [0.1, 0.15) is 0 Å². The Morgan fingerprint density at radius 1 is 1.24 bits per heavy atom. The Bertz CT molecular complexity index is 488. The molecular weight excluding hydrogens is 282 g/mol. The zero-order valence-electron chi connectivity index (χ0n) is 12.8. The highest BCUT2D eigenvalue weighted by Crippen LogP contribution is 2.44. The molecule has 5 heteroatoms. The minimum absolute atomic E-state index is 0.443. The molecule has 1 N–H and O–H groups in total. The van der Waals surface area contributed by atoms with Gasteiger partial charge in [-0.05, 0) is 38.6 Å². The van der Waals surface area contributed by atoms with E-state index >= 15 is 0 Å². The standard InChI is InChI=1S/C16H25N3OS/c1-2-7-17-8-14-15(11-3-4-11)18-16(21-14)19-9-12-5-6-13(10-19)20-12/h11-13,17H,2-10H2,1H3. The van der Waals surface area contributed by atoms with E-state index in [1.165, 1.54) is 47.8 Å². The van der Waals surface area contributed by atoms with Gasteiger partial charge >= 0.3 is 0 Å². The summed E-state index contributed by atoms with van der Waals surface area (Å²) in [5.41, 5.74) is 1.39. The summed E-state index contributed by atoms with van der Waals surface area (Å²) in [5.74, 6) is 0.742. The van der Waals surface area contributed by atoms with Crippen molar-refractivity contribution in [3.63, 3.8) is 0 Å². The van der Waals surface area contributed by atoms with Crippen molar-refractivity contribution >= 4 is 16.5 Å². The molecule has 0 radical (unpaired) electrons. The summed E-state index contributed by atoms with van der Waals surface area (Å²) >= 11 is 1.91. The number of fused-ring (bicyclic) bond motifs is 2. The van der Waals surface area contributed by atoms with Gasteiger partial charge in [0, 0.05) is 30.4 Å². The molecule has 4 rings (SSSR count). The lowest BCUT2D eigenvalue weighted by atomic mass is 10.2. The molecule has 1 saturated carbocycles. The van der Waals surface area contributed by atoms with Crippen molar-refractivity contribution in [1.82, 2.24) is 10.3 Å². The Morgan fingerprint density at radius 3 is 2.67 bits per heavy atom. The van der Waals surface area contributed by atoms with E-state index in [2.05, 4.69) is 17.1 Å². The van der Waals surface area contributed by atoms with Gasteiger partial charge in [0.25, 0.3) is 0 Å². The summed E-state index contributed by atoms with van der Waals surface area (Å²) in [7, 11) is 0. The zero-order chi connectivity index (χ0) is 14.2. The van der Waals surface area contributed by atoms with Crippen LogP contribution >= 0.6 is 11.3 Å². The molecule has 0 spiro atoms. The minimum atomic E-state index is 0.443. The van der Waals surface area contributed by atoms with Gasteiger partial charge in [0.15, 0.2) is 5.13 Å². The van der Waals surface area contributed by atoms with E-state index in [0.717, 1.165) is 32.1 Å². The van der Waals surface area contributed by atoms with Crippen LogP contribution in [0.2, 0.25) is 0 Å². The number of nitrogens with one attached hydrogen (secondary N) is 1. The van der Waals surface area contributed by atoms with E-state index in [9.17, 15) is 0 Å². The molecule has 2 saturated heterocycles. The highest BCUT2D eigenvalue weighted by Gasteiger charge is 2.36. The van der Waals surface area contributed by atoms with E-state index in [4.69, 9.17) is 9.72 Å². The van der Waals surface area contributed by atoms with Gasteiger partial charge in [0.05, 0.1) is 17.9 Å². The summed E-state index contributed by atoms with van der Waals surface area (Å²) in [5, 5.41) is 4.79. The number of anilines is 1. The fourth-order valence-electron chi connectivity index (χ4n) is 3.44.